The molecule has 374 valence electrons. The number of aromatic nitrogens is 4. The first-order chi connectivity index (χ1) is 43.5. The van der Waals surface area contributed by atoms with Crippen LogP contribution in [0.5, 0.6) is 0 Å². The van der Waals surface area contributed by atoms with Crippen LogP contribution >= 0.6 is 11.3 Å². The van der Waals surface area contributed by atoms with Crippen LogP contribution in [0.25, 0.3) is 157 Å². The highest BCUT2D eigenvalue weighted by molar-refractivity contribution is 7.26. The van der Waals surface area contributed by atoms with Crippen molar-refractivity contribution < 1.29 is 18.1 Å². The van der Waals surface area contributed by atoms with Gasteiger partial charge in [-0.25, -0.2) is 4.85 Å². The molecule has 0 fully saturated rings. The number of fused-ring (bicyclic) bond motifs is 20. The number of hydrogen-bond donors (Lipinski definition) is 0. The molecule has 17 aromatic rings. The summed E-state index contributed by atoms with van der Waals surface area (Å²) in [5.74, 6) is 0. The van der Waals surface area contributed by atoms with Gasteiger partial charge < -0.3 is 22.7 Å². The third kappa shape index (κ3) is 5.79. The Kier molecular flexibility index (Phi) is 7.21. The van der Waals surface area contributed by atoms with Crippen LogP contribution < -0.4 is 0 Å². The molecule has 11 aromatic carbocycles. The van der Waals surface area contributed by atoms with Crippen LogP contribution in [0.4, 0.5) is 5.69 Å². The summed E-state index contributed by atoms with van der Waals surface area (Å²) in [6.45, 7) is 16.5. The molecule has 0 saturated heterocycles. The van der Waals surface area contributed by atoms with Crippen molar-refractivity contribution in [1.29, 1.82) is 5.26 Å². The molecule has 0 spiro atoms. The van der Waals surface area contributed by atoms with Crippen LogP contribution in [0.15, 0.2) is 217 Å². The summed E-state index contributed by atoms with van der Waals surface area (Å²) in [6, 6.07) is 47.1. The van der Waals surface area contributed by atoms with E-state index in [9.17, 15) is 22.8 Å². The van der Waals surface area contributed by atoms with E-state index >= 15 is 0 Å². The quantitative estimate of drug-likeness (QED) is 0.165. The first-order valence-electron chi connectivity index (χ1n) is 31.2. The largest absolute Gasteiger partial charge is 0.454 e. The Morgan fingerprint density at radius 1 is 0.475 bits per heavy atom. The normalized spacial score (nSPS) is 14.2. The summed E-state index contributed by atoms with van der Waals surface area (Å²) in [7, 11) is 0. The van der Waals surface area contributed by atoms with Gasteiger partial charge >= 0.3 is 0 Å². The molecule has 0 unspecified atom stereocenters. The highest BCUT2D eigenvalue weighted by Gasteiger charge is 2.36. The van der Waals surface area contributed by atoms with Crippen molar-refractivity contribution in [2.24, 2.45) is 0 Å². The summed E-state index contributed by atoms with van der Waals surface area (Å²) >= 11 is 1.62. The molecule has 0 bridgehead atoms. The average molecular weight is 1050 g/mol. The molecule has 6 heterocycles. The zero-order chi connectivity index (χ0) is 62.0. The van der Waals surface area contributed by atoms with Gasteiger partial charge in [0.25, 0.3) is 0 Å². The fourth-order valence-corrected chi connectivity index (χ4v) is 14.1. The van der Waals surface area contributed by atoms with Gasteiger partial charge in [0, 0.05) is 69.3 Å². The molecular weight excluding hydrogens is 997 g/mol. The number of nitrogens with zero attached hydrogens (tertiary/aromatic N) is 6. The van der Waals surface area contributed by atoms with E-state index in [2.05, 4.69) is 73.9 Å². The Hall–Kier alpha value is -10.4. The van der Waals surface area contributed by atoms with Crippen LogP contribution in [-0.2, 0) is 5.41 Å². The van der Waals surface area contributed by atoms with Crippen molar-refractivity contribution in [1.82, 2.24) is 18.3 Å². The van der Waals surface area contributed by atoms with Gasteiger partial charge in [-0.3, -0.25) is 0 Å². The van der Waals surface area contributed by atoms with Crippen LogP contribution in [-0.4, -0.2) is 18.3 Å². The summed E-state index contributed by atoms with van der Waals surface area (Å²) in [5, 5.41) is 19.3. The van der Waals surface area contributed by atoms with Crippen molar-refractivity contribution in [3.8, 4) is 28.8 Å². The van der Waals surface area contributed by atoms with Gasteiger partial charge in [0.15, 0.2) is 5.58 Å². The monoisotopic (exact) mass is 1050 g/mol. The highest BCUT2D eigenvalue weighted by Crippen LogP contribution is 2.54. The topological polar surface area (TPSA) is 61.0 Å². The van der Waals surface area contributed by atoms with E-state index in [1.54, 1.807) is 15.9 Å². The molecular formula is C72H44N6OS. The predicted molar refractivity (Wildman–Crippen MR) is 334 cm³/mol. The third-order valence-corrected chi connectivity index (χ3v) is 17.4. The number of hydrogen-bond acceptors (Lipinski definition) is 3. The van der Waals surface area contributed by atoms with Gasteiger partial charge in [-0.1, -0.05) is 172 Å². The minimum Gasteiger partial charge on any atom is -0.454 e. The van der Waals surface area contributed by atoms with Gasteiger partial charge in [0.05, 0.1) is 97.4 Å². The second-order valence-corrected chi connectivity index (χ2v) is 22.4. The van der Waals surface area contributed by atoms with E-state index in [1.165, 1.54) is 0 Å². The highest BCUT2D eigenvalue weighted by atomic mass is 32.1. The molecule has 0 N–H and O–H groups in total. The fourth-order valence-electron chi connectivity index (χ4n) is 12.9. The number of furan rings is 1. The summed E-state index contributed by atoms with van der Waals surface area (Å²) in [5.41, 5.74) is 4.47. The van der Waals surface area contributed by atoms with Crippen molar-refractivity contribution in [3.05, 3.63) is 235 Å². The second-order valence-electron chi connectivity index (χ2n) is 21.4. The first-order valence-corrected chi connectivity index (χ1v) is 27.0. The SMILES string of the molecule is [2H]c1c([2H])c([2H])c2c(oc3c2c([2H])c([2H])c2c4c([2H])c([2H])c([2H])c([2H])c4n(-c4c(-n5c6ccccc6c6ccccc65)c(C#N)c(-n5c6ccc(C(C)(C)C)cc6c6ccc7c8ccccc8sc7c65)c([N+]#[C-])c4-n4c5ccccc5c5ccccc54)c32)c1[2H]. The molecule has 0 amide bonds. The molecule has 0 atom stereocenters. The van der Waals surface area contributed by atoms with Gasteiger partial charge in [0.2, 0.25) is 5.69 Å². The minimum absolute atomic E-state index is 0.0108. The van der Waals surface area contributed by atoms with E-state index in [0.29, 0.717) is 27.6 Å². The van der Waals surface area contributed by atoms with Crippen LogP contribution in [0.3, 0.4) is 0 Å². The third-order valence-electron chi connectivity index (χ3n) is 16.3. The molecule has 7 nitrogen and oxygen atoms in total. The van der Waals surface area contributed by atoms with Crippen molar-refractivity contribution in [2.45, 2.75) is 26.2 Å². The van der Waals surface area contributed by atoms with Gasteiger partial charge in [-0.05, 0) is 71.6 Å². The fraction of sp³-hybridized carbons (Fsp3) is 0.0556. The maximum absolute atomic E-state index is 13.0. The minimum atomic E-state index is -0.638. The van der Waals surface area contributed by atoms with E-state index in [4.69, 9.17) is 12.0 Å². The Morgan fingerprint density at radius 3 is 1.68 bits per heavy atom. The summed E-state index contributed by atoms with van der Waals surface area (Å²) < 4.78 is 112. The first kappa shape index (κ1) is 35.9. The van der Waals surface area contributed by atoms with Gasteiger partial charge in [0.1, 0.15) is 11.7 Å². The Balaban J connectivity index is 1.25. The molecule has 17 rings (SSSR count). The lowest BCUT2D eigenvalue weighted by Gasteiger charge is -2.27. The maximum Gasteiger partial charge on any atom is 0.237 e. The van der Waals surface area contributed by atoms with Crippen molar-refractivity contribution in [3.63, 3.8) is 0 Å². The second kappa shape index (κ2) is 16.1. The van der Waals surface area contributed by atoms with Crippen LogP contribution in [0.1, 0.15) is 45.6 Å². The molecule has 0 aliphatic carbocycles. The van der Waals surface area contributed by atoms with E-state index in [-0.39, 0.29) is 83.2 Å². The number of para-hydroxylation sites is 6. The standard InChI is InChI=1S/C72H44N6OS/c1-72(2,3)41-33-38-60-53(39-41)50-35-37-52-48-25-11-18-32-62(48)80-71(52)67(50)77(60)64-54(40-73)65(75-55-26-12-5-19-42(55)43-20-6-13-27-56(43)75)69(68(63(64)74-4)76-57-28-14-7-21-44(57)45-22-8-15-29-58(45)76)78-59-30-16-9-23-46(59)49-34-36-51-47-24-10-17-31-61(47)79-70(51)66(49)78/h5-39H,1-3H3/i9D,10D,16D,17D,23D,24D,30D,31D,34D,36D. The molecule has 0 radical (unpaired) electrons. The zero-order valence-electron chi connectivity index (χ0n) is 52.9. The predicted octanol–water partition coefficient (Wildman–Crippen LogP) is 20.1. The Morgan fingerprint density at radius 2 is 1.02 bits per heavy atom. The number of rotatable bonds is 4. The molecule has 6 aromatic heterocycles. The molecule has 8 heteroatoms. The molecule has 0 saturated carbocycles. The van der Waals surface area contributed by atoms with E-state index < -0.39 is 60.4 Å². The molecule has 0 aliphatic heterocycles. The number of thiophene rings is 1. The maximum atomic E-state index is 13.0. The lowest BCUT2D eigenvalue weighted by molar-refractivity contribution is 0.591. The lowest BCUT2D eigenvalue weighted by Crippen LogP contribution is -2.15. The Bertz CT molecular complexity index is 6060. The number of nitriles is 1. The Labute approximate surface area is 475 Å². The summed E-state index contributed by atoms with van der Waals surface area (Å²) in [6.07, 6.45) is 0. The van der Waals surface area contributed by atoms with Crippen LogP contribution in [0.2, 0.25) is 0 Å². The van der Waals surface area contributed by atoms with E-state index in [0.717, 1.165) is 63.6 Å². The molecule has 0 aliphatic rings. The zero-order valence-corrected chi connectivity index (χ0v) is 43.8. The van der Waals surface area contributed by atoms with Gasteiger partial charge in [-0.15, -0.1) is 11.3 Å². The summed E-state index contributed by atoms with van der Waals surface area (Å²) in [4.78, 5) is 4.72. The van der Waals surface area contributed by atoms with Crippen LogP contribution in [0, 0.1) is 17.9 Å². The van der Waals surface area contributed by atoms with Gasteiger partial charge in [-0.2, -0.15) is 5.26 Å². The van der Waals surface area contributed by atoms with Crippen molar-refractivity contribution >= 4 is 146 Å². The average Bonchev–Trinajstić information content (AvgIpc) is 1.48. The smallest absolute Gasteiger partial charge is 0.237 e. The van der Waals surface area contributed by atoms with Crippen molar-refractivity contribution in [2.75, 3.05) is 0 Å². The lowest BCUT2D eigenvalue weighted by atomic mass is 9.86. The molecule has 80 heavy (non-hydrogen) atoms. The van der Waals surface area contributed by atoms with E-state index in [1.807, 2.05) is 118 Å². The number of benzene rings is 11.